The highest BCUT2D eigenvalue weighted by Gasteiger charge is 2.23. The number of nitrogens with one attached hydrogen (secondary N) is 2. The van der Waals surface area contributed by atoms with Gasteiger partial charge in [0.15, 0.2) is 0 Å². The molecule has 7 nitrogen and oxygen atoms in total. The molecule has 1 amide bonds. The third-order valence-electron chi connectivity index (χ3n) is 3.55. The molecule has 21 heavy (non-hydrogen) atoms. The van der Waals surface area contributed by atoms with Crippen LogP contribution in [-0.4, -0.2) is 28.4 Å². The summed E-state index contributed by atoms with van der Waals surface area (Å²) in [4.78, 5) is 26.1. The fraction of sp³-hybridized carbons (Fsp3) is 0.286. The fourth-order valence-corrected chi connectivity index (χ4v) is 2.54. The van der Waals surface area contributed by atoms with Gasteiger partial charge >= 0.3 is 0 Å². The van der Waals surface area contributed by atoms with Gasteiger partial charge in [0.1, 0.15) is 0 Å². The number of aryl methyl sites for hydroxylation is 1. The zero-order valence-corrected chi connectivity index (χ0v) is 11.4. The van der Waals surface area contributed by atoms with Crippen LogP contribution in [-0.2, 0) is 4.79 Å². The molecule has 0 spiro atoms. The van der Waals surface area contributed by atoms with Crippen LogP contribution in [0.15, 0.2) is 24.4 Å². The molecule has 1 aromatic carbocycles. The summed E-state index contributed by atoms with van der Waals surface area (Å²) < 4.78 is 0. The van der Waals surface area contributed by atoms with Crippen molar-refractivity contribution in [2.24, 2.45) is 0 Å². The van der Waals surface area contributed by atoms with E-state index in [1.807, 2.05) is 13.0 Å². The lowest BCUT2D eigenvalue weighted by atomic mass is 10.1. The average Bonchev–Trinajstić information content (AvgIpc) is 2.84. The van der Waals surface area contributed by atoms with Crippen LogP contribution >= 0.6 is 0 Å². The molecule has 1 fully saturated rings. The van der Waals surface area contributed by atoms with E-state index in [-0.39, 0.29) is 17.6 Å². The molecule has 1 aliphatic rings. The van der Waals surface area contributed by atoms with E-state index < -0.39 is 4.92 Å². The first-order chi connectivity index (χ1) is 10.0. The standard InChI is InChI=1S/C14H14N4O3/c1-8-4-10-11(7-15-8)13(18(20)21)3-2-12(10)17-9-5-14(19)16-6-9/h2-4,7,9,17H,5-6H2,1H3,(H,16,19). The second kappa shape index (κ2) is 5.01. The van der Waals surface area contributed by atoms with Crippen molar-refractivity contribution in [3.05, 3.63) is 40.2 Å². The number of nitro groups is 1. The average molecular weight is 286 g/mol. The quantitative estimate of drug-likeness (QED) is 0.661. The van der Waals surface area contributed by atoms with E-state index >= 15 is 0 Å². The third-order valence-corrected chi connectivity index (χ3v) is 3.55. The number of hydrogen-bond donors (Lipinski definition) is 2. The van der Waals surface area contributed by atoms with Gasteiger partial charge in [0.05, 0.1) is 16.4 Å². The molecule has 0 aliphatic carbocycles. The van der Waals surface area contributed by atoms with Crippen molar-refractivity contribution in [1.29, 1.82) is 0 Å². The van der Waals surface area contributed by atoms with Crippen LogP contribution in [0.2, 0.25) is 0 Å². The molecule has 2 aromatic rings. The number of anilines is 1. The highest BCUT2D eigenvalue weighted by molar-refractivity contribution is 5.99. The first-order valence-electron chi connectivity index (χ1n) is 6.61. The predicted molar refractivity (Wildman–Crippen MR) is 78.2 cm³/mol. The zero-order chi connectivity index (χ0) is 15.0. The molecule has 3 rings (SSSR count). The second-order valence-corrected chi connectivity index (χ2v) is 5.11. The van der Waals surface area contributed by atoms with Crippen LogP contribution in [0.4, 0.5) is 11.4 Å². The number of benzene rings is 1. The highest BCUT2D eigenvalue weighted by atomic mass is 16.6. The summed E-state index contributed by atoms with van der Waals surface area (Å²) in [5, 5.41) is 18.4. The maximum absolute atomic E-state index is 11.3. The fourth-order valence-electron chi connectivity index (χ4n) is 2.54. The van der Waals surface area contributed by atoms with Crippen molar-refractivity contribution in [2.75, 3.05) is 11.9 Å². The number of non-ortho nitro benzene ring substituents is 1. The third kappa shape index (κ3) is 2.49. The number of nitrogens with zero attached hydrogens (tertiary/aromatic N) is 2. The monoisotopic (exact) mass is 286 g/mol. The molecule has 1 atom stereocenters. The number of amides is 1. The van der Waals surface area contributed by atoms with Crippen molar-refractivity contribution in [2.45, 2.75) is 19.4 Å². The lowest BCUT2D eigenvalue weighted by Crippen LogP contribution is -2.22. The Balaban J connectivity index is 2.06. The SMILES string of the molecule is Cc1cc2c(NC3CNC(=O)C3)ccc([N+](=O)[O-])c2cn1. The van der Waals surface area contributed by atoms with Crippen molar-refractivity contribution in [3.63, 3.8) is 0 Å². The zero-order valence-electron chi connectivity index (χ0n) is 11.4. The molecule has 1 saturated heterocycles. The van der Waals surface area contributed by atoms with Crippen molar-refractivity contribution in [1.82, 2.24) is 10.3 Å². The Morgan fingerprint density at radius 2 is 2.24 bits per heavy atom. The van der Waals surface area contributed by atoms with Gasteiger partial charge in [-0.1, -0.05) is 0 Å². The van der Waals surface area contributed by atoms with Crippen molar-refractivity contribution in [3.8, 4) is 0 Å². The number of pyridine rings is 1. The summed E-state index contributed by atoms with van der Waals surface area (Å²) in [6.45, 7) is 2.39. The molecule has 1 aromatic heterocycles. The largest absolute Gasteiger partial charge is 0.380 e. The Hall–Kier alpha value is -2.70. The first kappa shape index (κ1) is 13.3. The van der Waals surface area contributed by atoms with Crippen molar-refractivity contribution >= 4 is 28.1 Å². The van der Waals surface area contributed by atoms with E-state index in [1.165, 1.54) is 12.3 Å². The first-order valence-corrected chi connectivity index (χ1v) is 6.61. The second-order valence-electron chi connectivity index (χ2n) is 5.11. The minimum absolute atomic E-state index is 0.00405. The summed E-state index contributed by atoms with van der Waals surface area (Å²) in [6, 6.07) is 4.96. The maximum Gasteiger partial charge on any atom is 0.278 e. The lowest BCUT2D eigenvalue weighted by molar-refractivity contribution is -0.383. The Morgan fingerprint density at radius 3 is 2.90 bits per heavy atom. The van der Waals surface area contributed by atoms with Gasteiger partial charge < -0.3 is 10.6 Å². The van der Waals surface area contributed by atoms with Gasteiger partial charge in [-0.25, -0.2) is 0 Å². The topological polar surface area (TPSA) is 97.2 Å². The van der Waals surface area contributed by atoms with E-state index in [2.05, 4.69) is 15.6 Å². The molecule has 2 N–H and O–H groups in total. The van der Waals surface area contributed by atoms with Gasteiger partial charge in [0.25, 0.3) is 5.69 Å². The van der Waals surface area contributed by atoms with Gasteiger partial charge in [-0.3, -0.25) is 19.9 Å². The smallest absolute Gasteiger partial charge is 0.278 e. The summed E-state index contributed by atoms with van der Waals surface area (Å²) in [7, 11) is 0. The Bertz CT molecular complexity index is 744. The molecule has 108 valence electrons. The Labute approximate surface area is 120 Å². The molecule has 0 bridgehead atoms. The van der Waals surface area contributed by atoms with Gasteiger partial charge in [0.2, 0.25) is 5.91 Å². The van der Waals surface area contributed by atoms with E-state index in [4.69, 9.17) is 0 Å². The number of nitro benzene ring substituents is 1. The number of hydrogen-bond acceptors (Lipinski definition) is 5. The van der Waals surface area contributed by atoms with E-state index in [9.17, 15) is 14.9 Å². The summed E-state index contributed by atoms with van der Waals surface area (Å²) in [5.74, 6) is 0.0107. The minimum Gasteiger partial charge on any atom is -0.380 e. The number of rotatable bonds is 3. The Kier molecular flexibility index (Phi) is 3.17. The summed E-state index contributed by atoms with van der Waals surface area (Å²) in [5.41, 5.74) is 1.60. The Morgan fingerprint density at radius 1 is 1.43 bits per heavy atom. The maximum atomic E-state index is 11.3. The molecule has 0 radical (unpaired) electrons. The summed E-state index contributed by atoms with van der Waals surface area (Å²) >= 11 is 0. The summed E-state index contributed by atoms with van der Waals surface area (Å²) in [6.07, 6.45) is 1.93. The number of carbonyl (C=O) groups is 1. The van der Waals surface area contributed by atoms with Crippen LogP contribution in [0.3, 0.4) is 0 Å². The lowest BCUT2D eigenvalue weighted by Gasteiger charge is -2.14. The van der Waals surface area contributed by atoms with Crippen LogP contribution in [0.25, 0.3) is 10.8 Å². The molecule has 2 heterocycles. The number of carbonyl (C=O) groups excluding carboxylic acids is 1. The van der Waals surface area contributed by atoms with E-state index in [0.717, 1.165) is 16.8 Å². The van der Waals surface area contributed by atoms with E-state index in [0.29, 0.717) is 18.4 Å². The molecule has 1 unspecified atom stereocenters. The normalized spacial score (nSPS) is 17.8. The van der Waals surface area contributed by atoms with Crippen LogP contribution < -0.4 is 10.6 Å². The predicted octanol–water partition coefficient (Wildman–Crippen LogP) is 1.75. The van der Waals surface area contributed by atoms with Crippen LogP contribution in [0.5, 0.6) is 0 Å². The molecular weight excluding hydrogens is 272 g/mol. The van der Waals surface area contributed by atoms with Gasteiger partial charge in [0, 0.05) is 42.0 Å². The number of fused-ring (bicyclic) bond motifs is 1. The highest BCUT2D eigenvalue weighted by Crippen LogP contribution is 2.32. The van der Waals surface area contributed by atoms with Gasteiger partial charge in [-0.05, 0) is 19.1 Å². The minimum atomic E-state index is -0.413. The van der Waals surface area contributed by atoms with Gasteiger partial charge in [-0.2, -0.15) is 0 Å². The van der Waals surface area contributed by atoms with Gasteiger partial charge in [-0.15, -0.1) is 0 Å². The molecule has 1 aliphatic heterocycles. The van der Waals surface area contributed by atoms with Crippen LogP contribution in [0, 0.1) is 17.0 Å². The molecule has 0 saturated carbocycles. The number of aromatic nitrogens is 1. The molecular formula is C14H14N4O3. The molecule has 7 heteroatoms. The van der Waals surface area contributed by atoms with E-state index in [1.54, 1.807) is 6.07 Å². The van der Waals surface area contributed by atoms with Crippen molar-refractivity contribution < 1.29 is 9.72 Å². The van der Waals surface area contributed by atoms with Crippen LogP contribution in [0.1, 0.15) is 12.1 Å².